The highest BCUT2D eigenvalue weighted by Crippen LogP contribution is 2.48. The largest absolute Gasteiger partial charge is 0.339 e. The number of hydrogen-bond donors (Lipinski definition) is 1. The van der Waals surface area contributed by atoms with E-state index in [4.69, 9.17) is 5.73 Å². The van der Waals surface area contributed by atoms with Crippen molar-refractivity contribution in [2.75, 3.05) is 13.1 Å². The van der Waals surface area contributed by atoms with Crippen LogP contribution in [0, 0.1) is 11.3 Å². The second kappa shape index (κ2) is 3.78. The zero-order valence-electron chi connectivity index (χ0n) is 9.83. The average molecular weight is 210 g/mol. The minimum Gasteiger partial charge on any atom is -0.339 e. The van der Waals surface area contributed by atoms with Gasteiger partial charge in [-0.2, -0.15) is 0 Å². The fraction of sp³-hybridized carbons (Fsp3) is 0.917. The van der Waals surface area contributed by atoms with Crippen LogP contribution in [0.1, 0.15) is 39.5 Å². The van der Waals surface area contributed by atoms with E-state index in [0.29, 0.717) is 11.9 Å². The molecule has 2 aliphatic rings. The van der Waals surface area contributed by atoms with E-state index in [1.54, 1.807) is 0 Å². The van der Waals surface area contributed by atoms with Crippen LogP contribution in [0.15, 0.2) is 0 Å². The Labute approximate surface area is 92.0 Å². The zero-order chi connectivity index (χ0) is 11.1. The predicted molar refractivity (Wildman–Crippen MR) is 60.3 cm³/mol. The van der Waals surface area contributed by atoms with Crippen LogP contribution < -0.4 is 5.73 Å². The molecular formula is C12H22N2O. The molecule has 0 radical (unpaired) electrons. The van der Waals surface area contributed by atoms with Crippen molar-refractivity contribution >= 4 is 5.91 Å². The van der Waals surface area contributed by atoms with Crippen LogP contribution in [0.3, 0.4) is 0 Å². The van der Waals surface area contributed by atoms with Gasteiger partial charge in [0.25, 0.3) is 0 Å². The van der Waals surface area contributed by atoms with Gasteiger partial charge in [-0.05, 0) is 25.8 Å². The lowest BCUT2D eigenvalue weighted by molar-refractivity contribution is -0.135. The summed E-state index contributed by atoms with van der Waals surface area (Å²) in [6.45, 7) is 5.65. The molecule has 2 atom stereocenters. The number of carbonyl (C=O) groups excluding carboxylic acids is 1. The maximum absolute atomic E-state index is 12.0. The topological polar surface area (TPSA) is 46.3 Å². The van der Waals surface area contributed by atoms with Crippen LogP contribution in [0.2, 0.25) is 0 Å². The number of amides is 1. The van der Waals surface area contributed by atoms with Gasteiger partial charge in [0, 0.05) is 23.9 Å². The molecule has 1 amide bonds. The highest BCUT2D eigenvalue weighted by molar-refractivity contribution is 5.79. The smallest absolute Gasteiger partial charge is 0.225 e. The fourth-order valence-corrected chi connectivity index (χ4v) is 3.33. The Morgan fingerprint density at radius 3 is 2.87 bits per heavy atom. The third-order valence-electron chi connectivity index (χ3n) is 4.27. The van der Waals surface area contributed by atoms with Crippen LogP contribution >= 0.6 is 0 Å². The molecule has 1 aliphatic carbocycles. The number of carbonyl (C=O) groups is 1. The first-order chi connectivity index (χ1) is 7.10. The molecule has 1 heterocycles. The van der Waals surface area contributed by atoms with Crippen molar-refractivity contribution in [1.82, 2.24) is 4.90 Å². The van der Waals surface area contributed by atoms with Gasteiger partial charge in [-0.25, -0.2) is 0 Å². The van der Waals surface area contributed by atoms with Gasteiger partial charge in [-0.3, -0.25) is 4.79 Å². The Kier molecular flexibility index (Phi) is 2.75. The van der Waals surface area contributed by atoms with Crippen LogP contribution in [-0.4, -0.2) is 29.9 Å². The van der Waals surface area contributed by atoms with Crippen molar-refractivity contribution in [3.8, 4) is 0 Å². The van der Waals surface area contributed by atoms with E-state index in [2.05, 4.69) is 4.90 Å². The first-order valence-electron chi connectivity index (χ1n) is 6.11. The highest BCUT2D eigenvalue weighted by atomic mass is 16.2. The van der Waals surface area contributed by atoms with E-state index in [9.17, 15) is 4.79 Å². The molecule has 1 aliphatic heterocycles. The third-order valence-corrected chi connectivity index (χ3v) is 4.27. The summed E-state index contributed by atoms with van der Waals surface area (Å²) in [5.74, 6) is 0.441. The van der Waals surface area contributed by atoms with Gasteiger partial charge in [-0.1, -0.05) is 20.3 Å². The SMILES string of the molecule is CC(C)C(=O)N1CC[C@@]2(CN)CCC[C@@H]12. The van der Waals surface area contributed by atoms with Crippen molar-refractivity contribution in [2.45, 2.75) is 45.6 Å². The lowest BCUT2D eigenvalue weighted by Gasteiger charge is -2.32. The zero-order valence-corrected chi connectivity index (χ0v) is 9.83. The molecular weight excluding hydrogens is 188 g/mol. The third kappa shape index (κ3) is 1.57. The average Bonchev–Trinajstić information content (AvgIpc) is 2.74. The Bertz CT molecular complexity index is 264. The monoisotopic (exact) mass is 210 g/mol. The minimum atomic E-state index is 0.124. The molecule has 15 heavy (non-hydrogen) atoms. The van der Waals surface area contributed by atoms with Gasteiger partial charge >= 0.3 is 0 Å². The summed E-state index contributed by atoms with van der Waals surface area (Å²) in [6, 6.07) is 0.442. The first kappa shape index (κ1) is 10.9. The standard InChI is InChI=1S/C12H22N2O/c1-9(2)11(15)14-7-6-12(8-13)5-3-4-10(12)14/h9-10H,3-8,13H2,1-2H3/t10-,12-/m1/s1. The van der Waals surface area contributed by atoms with Crippen LogP contribution in [0.25, 0.3) is 0 Å². The molecule has 0 spiro atoms. The van der Waals surface area contributed by atoms with Gasteiger partial charge in [0.05, 0.1) is 0 Å². The van der Waals surface area contributed by atoms with Gasteiger partial charge in [0.2, 0.25) is 5.91 Å². The van der Waals surface area contributed by atoms with E-state index >= 15 is 0 Å². The first-order valence-corrected chi connectivity index (χ1v) is 6.11. The van der Waals surface area contributed by atoms with Crippen molar-refractivity contribution in [2.24, 2.45) is 17.1 Å². The van der Waals surface area contributed by atoms with Crippen LogP contribution in [0.5, 0.6) is 0 Å². The summed E-state index contributed by atoms with van der Waals surface area (Å²) in [5, 5.41) is 0. The molecule has 0 aromatic rings. The quantitative estimate of drug-likeness (QED) is 0.748. The van der Waals surface area contributed by atoms with Crippen molar-refractivity contribution in [1.29, 1.82) is 0 Å². The summed E-state index contributed by atoms with van der Waals surface area (Å²) in [6.07, 6.45) is 4.74. The van der Waals surface area contributed by atoms with Gasteiger partial charge in [-0.15, -0.1) is 0 Å². The maximum Gasteiger partial charge on any atom is 0.225 e. The number of rotatable bonds is 2. The lowest BCUT2D eigenvalue weighted by Crippen LogP contribution is -2.44. The molecule has 0 bridgehead atoms. The summed E-state index contributed by atoms with van der Waals surface area (Å²) < 4.78 is 0. The molecule has 2 fully saturated rings. The molecule has 1 saturated carbocycles. The summed E-state index contributed by atoms with van der Waals surface area (Å²) in [4.78, 5) is 14.1. The molecule has 2 N–H and O–H groups in total. The second-order valence-electron chi connectivity index (χ2n) is 5.41. The minimum absolute atomic E-state index is 0.124. The molecule has 3 nitrogen and oxygen atoms in total. The fourth-order valence-electron chi connectivity index (χ4n) is 3.33. The Hall–Kier alpha value is -0.570. The van der Waals surface area contributed by atoms with Crippen molar-refractivity contribution in [3.05, 3.63) is 0 Å². The van der Waals surface area contributed by atoms with Crippen LogP contribution in [0.4, 0.5) is 0 Å². The maximum atomic E-state index is 12.0. The van der Waals surface area contributed by atoms with E-state index in [1.807, 2.05) is 13.8 Å². The number of nitrogens with zero attached hydrogens (tertiary/aromatic N) is 1. The number of likely N-dealkylation sites (tertiary alicyclic amines) is 1. The van der Waals surface area contributed by atoms with E-state index in [-0.39, 0.29) is 11.3 Å². The van der Waals surface area contributed by atoms with Crippen LogP contribution in [-0.2, 0) is 4.79 Å². The Morgan fingerprint density at radius 2 is 2.27 bits per heavy atom. The van der Waals surface area contributed by atoms with Crippen molar-refractivity contribution < 1.29 is 4.79 Å². The Morgan fingerprint density at radius 1 is 1.53 bits per heavy atom. The molecule has 0 aromatic heterocycles. The summed E-state index contributed by atoms with van der Waals surface area (Å²) in [7, 11) is 0. The van der Waals surface area contributed by atoms with Gasteiger partial charge in [0.1, 0.15) is 0 Å². The Balaban J connectivity index is 2.15. The van der Waals surface area contributed by atoms with E-state index in [1.165, 1.54) is 12.8 Å². The summed E-state index contributed by atoms with van der Waals surface area (Å²) in [5.41, 5.74) is 6.18. The molecule has 86 valence electrons. The number of fused-ring (bicyclic) bond motifs is 1. The molecule has 1 saturated heterocycles. The normalized spacial score (nSPS) is 34.9. The van der Waals surface area contributed by atoms with E-state index < -0.39 is 0 Å². The molecule has 0 unspecified atom stereocenters. The van der Waals surface area contributed by atoms with Gasteiger partial charge in [0.15, 0.2) is 0 Å². The molecule has 3 heteroatoms. The summed E-state index contributed by atoms with van der Waals surface area (Å²) >= 11 is 0. The molecule has 0 aromatic carbocycles. The number of hydrogen-bond acceptors (Lipinski definition) is 2. The van der Waals surface area contributed by atoms with E-state index in [0.717, 1.165) is 25.9 Å². The number of nitrogens with two attached hydrogens (primary N) is 1. The van der Waals surface area contributed by atoms with Crippen molar-refractivity contribution in [3.63, 3.8) is 0 Å². The van der Waals surface area contributed by atoms with Gasteiger partial charge < -0.3 is 10.6 Å². The highest BCUT2D eigenvalue weighted by Gasteiger charge is 2.50. The predicted octanol–water partition coefficient (Wildman–Crippen LogP) is 1.37. The lowest BCUT2D eigenvalue weighted by atomic mass is 9.82. The second-order valence-corrected chi connectivity index (χ2v) is 5.41. The molecule has 2 rings (SSSR count).